The summed E-state index contributed by atoms with van der Waals surface area (Å²) in [4.78, 5) is 5.78. The number of hydrogen-bond acceptors (Lipinski definition) is 4. The molecule has 0 aromatic carbocycles. The second kappa shape index (κ2) is 4.21. The summed E-state index contributed by atoms with van der Waals surface area (Å²) in [5.74, 6) is 0. The SMILES string of the molecule is CC(N)Cc1csc(-c2cccs2)n1. The molecule has 2 rings (SSSR count). The highest BCUT2D eigenvalue weighted by Gasteiger charge is 2.06. The Bertz CT molecular complexity index is 390. The molecule has 0 saturated heterocycles. The van der Waals surface area contributed by atoms with Crippen molar-refractivity contribution in [2.45, 2.75) is 19.4 Å². The van der Waals surface area contributed by atoms with Crippen molar-refractivity contribution in [3.8, 4) is 9.88 Å². The molecule has 2 heterocycles. The molecule has 0 aliphatic carbocycles. The molecule has 1 unspecified atom stereocenters. The number of thiophene rings is 1. The molecule has 4 heteroatoms. The summed E-state index contributed by atoms with van der Waals surface area (Å²) < 4.78 is 0. The van der Waals surface area contributed by atoms with Gasteiger partial charge in [0.05, 0.1) is 10.6 Å². The summed E-state index contributed by atoms with van der Waals surface area (Å²) >= 11 is 3.42. The zero-order chi connectivity index (χ0) is 9.97. The summed E-state index contributed by atoms with van der Waals surface area (Å²) in [6.45, 7) is 2.00. The fourth-order valence-corrected chi connectivity index (χ4v) is 2.89. The van der Waals surface area contributed by atoms with E-state index in [1.807, 2.05) is 13.0 Å². The molecule has 0 fully saturated rings. The van der Waals surface area contributed by atoms with Crippen LogP contribution in [0.25, 0.3) is 9.88 Å². The number of nitrogens with zero attached hydrogens (tertiary/aromatic N) is 1. The highest BCUT2D eigenvalue weighted by atomic mass is 32.1. The maximum Gasteiger partial charge on any atom is 0.133 e. The molecule has 0 radical (unpaired) electrons. The highest BCUT2D eigenvalue weighted by Crippen LogP contribution is 2.27. The number of aromatic nitrogens is 1. The van der Waals surface area contributed by atoms with Crippen LogP contribution < -0.4 is 5.73 Å². The summed E-state index contributed by atoms with van der Waals surface area (Å²) in [6.07, 6.45) is 0.863. The van der Waals surface area contributed by atoms with Gasteiger partial charge in [-0.05, 0) is 18.4 Å². The Morgan fingerprint density at radius 3 is 3.00 bits per heavy atom. The lowest BCUT2D eigenvalue weighted by molar-refractivity contribution is 0.726. The Labute approximate surface area is 91.4 Å². The Morgan fingerprint density at radius 2 is 2.36 bits per heavy atom. The molecule has 2 aromatic rings. The summed E-state index contributed by atoms with van der Waals surface area (Å²) in [5.41, 5.74) is 6.82. The Morgan fingerprint density at radius 1 is 1.50 bits per heavy atom. The summed E-state index contributed by atoms with van der Waals surface area (Å²) in [7, 11) is 0. The normalized spacial score (nSPS) is 13.0. The molecule has 0 aliphatic rings. The Balaban J connectivity index is 2.18. The van der Waals surface area contributed by atoms with E-state index in [4.69, 9.17) is 5.73 Å². The van der Waals surface area contributed by atoms with Gasteiger partial charge in [0, 0.05) is 17.8 Å². The summed E-state index contributed by atoms with van der Waals surface area (Å²) in [6, 6.07) is 4.33. The maximum atomic E-state index is 5.72. The van der Waals surface area contributed by atoms with Gasteiger partial charge in [0.1, 0.15) is 5.01 Å². The molecule has 2 aromatic heterocycles. The van der Waals surface area contributed by atoms with E-state index in [2.05, 4.69) is 21.8 Å². The largest absolute Gasteiger partial charge is 0.328 e. The zero-order valence-electron chi connectivity index (χ0n) is 7.93. The lowest BCUT2D eigenvalue weighted by Gasteiger charge is -1.99. The Hall–Kier alpha value is -0.710. The first kappa shape index (κ1) is 9.83. The van der Waals surface area contributed by atoms with Crippen molar-refractivity contribution < 1.29 is 0 Å². The van der Waals surface area contributed by atoms with Gasteiger partial charge in [-0.2, -0.15) is 0 Å². The number of hydrogen-bond donors (Lipinski definition) is 1. The van der Waals surface area contributed by atoms with Gasteiger partial charge < -0.3 is 5.73 Å². The third-order valence-corrected chi connectivity index (χ3v) is 3.75. The van der Waals surface area contributed by atoms with E-state index in [1.54, 1.807) is 22.7 Å². The maximum absolute atomic E-state index is 5.72. The molecule has 0 bridgehead atoms. The second-order valence-electron chi connectivity index (χ2n) is 3.30. The van der Waals surface area contributed by atoms with Crippen LogP contribution in [0.5, 0.6) is 0 Å². The Kier molecular flexibility index (Phi) is 2.96. The van der Waals surface area contributed by atoms with Crippen LogP contribution in [0.2, 0.25) is 0 Å². The third kappa shape index (κ3) is 2.20. The van der Waals surface area contributed by atoms with Crippen LogP contribution in [0.4, 0.5) is 0 Å². The fourth-order valence-electron chi connectivity index (χ4n) is 1.24. The second-order valence-corrected chi connectivity index (χ2v) is 5.11. The smallest absolute Gasteiger partial charge is 0.133 e. The van der Waals surface area contributed by atoms with Crippen molar-refractivity contribution in [2.75, 3.05) is 0 Å². The molecule has 74 valence electrons. The van der Waals surface area contributed by atoms with E-state index in [0.717, 1.165) is 17.1 Å². The molecule has 2 nitrogen and oxygen atoms in total. The predicted molar refractivity (Wildman–Crippen MR) is 62.8 cm³/mol. The van der Waals surface area contributed by atoms with Gasteiger partial charge in [-0.15, -0.1) is 22.7 Å². The van der Waals surface area contributed by atoms with Gasteiger partial charge >= 0.3 is 0 Å². The van der Waals surface area contributed by atoms with Gasteiger partial charge in [0.25, 0.3) is 0 Å². The molecule has 14 heavy (non-hydrogen) atoms. The topological polar surface area (TPSA) is 38.9 Å². The molecule has 2 N–H and O–H groups in total. The van der Waals surface area contributed by atoms with E-state index in [1.165, 1.54) is 4.88 Å². The molecule has 0 amide bonds. The minimum atomic E-state index is 0.188. The van der Waals surface area contributed by atoms with Crippen LogP contribution in [0.1, 0.15) is 12.6 Å². The number of nitrogens with two attached hydrogens (primary N) is 1. The van der Waals surface area contributed by atoms with E-state index >= 15 is 0 Å². The summed E-state index contributed by atoms with van der Waals surface area (Å²) in [5, 5.41) is 5.27. The van der Waals surface area contributed by atoms with Crippen LogP contribution in [0.15, 0.2) is 22.9 Å². The van der Waals surface area contributed by atoms with Crippen LogP contribution >= 0.6 is 22.7 Å². The fraction of sp³-hybridized carbons (Fsp3) is 0.300. The molecule has 0 spiro atoms. The van der Waals surface area contributed by atoms with Gasteiger partial charge in [-0.25, -0.2) is 4.98 Å². The third-order valence-electron chi connectivity index (χ3n) is 1.81. The van der Waals surface area contributed by atoms with Gasteiger partial charge in [0.2, 0.25) is 0 Å². The van der Waals surface area contributed by atoms with Crippen molar-refractivity contribution in [3.63, 3.8) is 0 Å². The minimum Gasteiger partial charge on any atom is -0.328 e. The average Bonchev–Trinajstić information content (AvgIpc) is 2.69. The minimum absolute atomic E-state index is 0.188. The van der Waals surface area contributed by atoms with Gasteiger partial charge in [0.15, 0.2) is 0 Å². The van der Waals surface area contributed by atoms with Gasteiger partial charge in [-0.3, -0.25) is 0 Å². The number of thiazole rings is 1. The van der Waals surface area contributed by atoms with Crippen LogP contribution in [-0.2, 0) is 6.42 Å². The lowest BCUT2D eigenvalue weighted by atomic mass is 10.2. The van der Waals surface area contributed by atoms with Gasteiger partial charge in [-0.1, -0.05) is 6.07 Å². The van der Waals surface area contributed by atoms with E-state index in [9.17, 15) is 0 Å². The molecular weight excluding hydrogens is 212 g/mol. The van der Waals surface area contributed by atoms with Crippen LogP contribution in [0, 0.1) is 0 Å². The van der Waals surface area contributed by atoms with Crippen LogP contribution in [0.3, 0.4) is 0 Å². The standard InChI is InChI=1S/C10H12N2S2/c1-7(11)5-8-6-14-10(12-8)9-3-2-4-13-9/h2-4,6-7H,5,11H2,1H3. The molecule has 1 atom stereocenters. The van der Waals surface area contributed by atoms with Crippen molar-refractivity contribution in [1.82, 2.24) is 4.98 Å². The van der Waals surface area contributed by atoms with Crippen molar-refractivity contribution in [2.24, 2.45) is 5.73 Å². The van der Waals surface area contributed by atoms with Crippen LogP contribution in [-0.4, -0.2) is 11.0 Å². The molecular formula is C10H12N2S2. The van der Waals surface area contributed by atoms with Crippen molar-refractivity contribution in [1.29, 1.82) is 0 Å². The van der Waals surface area contributed by atoms with E-state index in [0.29, 0.717) is 0 Å². The first-order valence-corrected chi connectivity index (χ1v) is 6.25. The number of rotatable bonds is 3. The quantitative estimate of drug-likeness (QED) is 0.870. The first-order valence-electron chi connectivity index (χ1n) is 4.49. The molecule has 0 saturated carbocycles. The molecule has 0 aliphatic heterocycles. The van der Waals surface area contributed by atoms with E-state index in [-0.39, 0.29) is 6.04 Å². The van der Waals surface area contributed by atoms with Crippen molar-refractivity contribution >= 4 is 22.7 Å². The highest BCUT2D eigenvalue weighted by molar-refractivity contribution is 7.20. The predicted octanol–water partition coefficient (Wildman–Crippen LogP) is 2.76. The van der Waals surface area contributed by atoms with Crippen molar-refractivity contribution in [3.05, 3.63) is 28.6 Å². The lowest BCUT2D eigenvalue weighted by Crippen LogP contribution is -2.17. The average molecular weight is 224 g/mol. The zero-order valence-corrected chi connectivity index (χ0v) is 9.57. The monoisotopic (exact) mass is 224 g/mol. The first-order chi connectivity index (χ1) is 6.75. The van der Waals surface area contributed by atoms with E-state index < -0.39 is 0 Å².